The van der Waals surface area contributed by atoms with Crippen LogP contribution in [0.4, 0.5) is 0 Å². The molecule has 0 aliphatic rings. The van der Waals surface area contributed by atoms with E-state index in [2.05, 4.69) is 200 Å². The molecule has 2 aromatic heterocycles. The van der Waals surface area contributed by atoms with Crippen LogP contribution in [-0.4, -0.2) is 15.0 Å². The van der Waals surface area contributed by atoms with Crippen LogP contribution >= 0.6 is 0 Å². The van der Waals surface area contributed by atoms with Crippen molar-refractivity contribution < 1.29 is 4.42 Å². The van der Waals surface area contributed by atoms with Crippen molar-refractivity contribution >= 4 is 32.7 Å². The minimum atomic E-state index is 0.604. The first-order valence-electron chi connectivity index (χ1n) is 19.8. The predicted octanol–water partition coefficient (Wildman–Crippen LogP) is 14.6. The quantitative estimate of drug-likeness (QED) is 0.163. The van der Waals surface area contributed by atoms with Crippen LogP contribution in [-0.2, 0) is 0 Å². The Morgan fingerprint density at radius 2 is 0.763 bits per heavy atom. The van der Waals surface area contributed by atoms with Gasteiger partial charge in [0.05, 0.1) is 0 Å². The monoisotopic (exact) mass is 753 g/mol. The van der Waals surface area contributed by atoms with E-state index in [9.17, 15) is 0 Å². The fraction of sp³-hybridized carbons (Fsp3) is 0. The summed E-state index contributed by atoms with van der Waals surface area (Å²) in [4.78, 5) is 15.4. The van der Waals surface area contributed by atoms with Gasteiger partial charge in [0.25, 0.3) is 0 Å². The Balaban J connectivity index is 1.01. The molecular weight excluding hydrogens is 719 g/mol. The molecule has 0 spiro atoms. The van der Waals surface area contributed by atoms with Gasteiger partial charge in [-0.2, -0.15) is 0 Å². The van der Waals surface area contributed by atoms with Crippen LogP contribution in [0.1, 0.15) is 0 Å². The Morgan fingerprint density at radius 3 is 1.47 bits per heavy atom. The summed E-state index contributed by atoms with van der Waals surface area (Å²) in [5.74, 6) is 1.83. The van der Waals surface area contributed by atoms with Crippen molar-refractivity contribution in [1.82, 2.24) is 15.0 Å². The lowest BCUT2D eigenvalue weighted by Crippen LogP contribution is -2.00. The Bertz CT molecular complexity index is 3320. The molecule has 0 aliphatic carbocycles. The van der Waals surface area contributed by atoms with Gasteiger partial charge in [-0.3, -0.25) is 0 Å². The first-order chi connectivity index (χ1) is 29.2. The van der Waals surface area contributed by atoms with Crippen molar-refractivity contribution in [3.8, 4) is 78.7 Å². The molecule has 0 unspecified atom stereocenters. The summed E-state index contributed by atoms with van der Waals surface area (Å²) in [6, 6.07) is 74.0. The molecule has 0 saturated carbocycles. The van der Waals surface area contributed by atoms with Crippen molar-refractivity contribution in [2.24, 2.45) is 0 Å². The second-order valence-electron chi connectivity index (χ2n) is 14.8. The van der Waals surface area contributed by atoms with Gasteiger partial charge in [-0.15, -0.1) is 0 Å². The van der Waals surface area contributed by atoms with E-state index in [0.717, 1.165) is 77.6 Å². The second-order valence-corrected chi connectivity index (χ2v) is 14.8. The average molecular weight is 754 g/mol. The van der Waals surface area contributed by atoms with Gasteiger partial charge >= 0.3 is 0 Å². The normalized spacial score (nSPS) is 11.4. The highest BCUT2D eigenvalue weighted by atomic mass is 16.3. The summed E-state index contributed by atoms with van der Waals surface area (Å²) in [7, 11) is 0. The van der Waals surface area contributed by atoms with E-state index in [4.69, 9.17) is 19.4 Å². The molecule has 11 rings (SSSR count). The molecule has 4 nitrogen and oxygen atoms in total. The molecule has 2 heterocycles. The number of nitrogens with zero attached hydrogens (tertiary/aromatic N) is 3. The fourth-order valence-corrected chi connectivity index (χ4v) is 8.17. The van der Waals surface area contributed by atoms with E-state index < -0.39 is 0 Å². The molecule has 0 radical (unpaired) electrons. The third kappa shape index (κ3) is 6.43. The Hall–Kier alpha value is -7.95. The number of aromatic nitrogens is 3. The number of rotatable bonds is 7. The fourth-order valence-electron chi connectivity index (χ4n) is 8.17. The summed E-state index contributed by atoms with van der Waals surface area (Å²) in [6.07, 6.45) is 0. The average Bonchev–Trinajstić information content (AvgIpc) is 3.71. The highest BCUT2D eigenvalue weighted by Crippen LogP contribution is 2.41. The van der Waals surface area contributed by atoms with Crippen molar-refractivity contribution in [2.75, 3.05) is 0 Å². The van der Waals surface area contributed by atoms with Gasteiger partial charge in [0.15, 0.2) is 17.5 Å². The van der Waals surface area contributed by atoms with Crippen LogP contribution in [0, 0.1) is 0 Å². The van der Waals surface area contributed by atoms with Gasteiger partial charge in [0, 0.05) is 33.0 Å². The molecule has 0 aliphatic heterocycles. The van der Waals surface area contributed by atoms with Gasteiger partial charge < -0.3 is 4.42 Å². The summed E-state index contributed by atoms with van der Waals surface area (Å²) >= 11 is 0. The van der Waals surface area contributed by atoms with Crippen LogP contribution in [0.3, 0.4) is 0 Å². The lowest BCUT2D eigenvalue weighted by Gasteiger charge is -2.11. The molecule has 59 heavy (non-hydrogen) atoms. The van der Waals surface area contributed by atoms with Crippen LogP contribution in [0.25, 0.3) is 111 Å². The number of hydrogen-bond acceptors (Lipinski definition) is 4. The standard InChI is InChI=1S/C55H35N3O/c1-3-13-36(14-4-1)42-19-9-21-45(34-42)54-56-53(57-55(58-54)46-22-10-20-43(35-46)44-32-27-37-15-7-8-18-41(37)33-44)40-30-28-39(29-31-40)48-24-11-25-49-51-47(38-16-5-2-6-17-38)23-12-26-50(51)59-52(48)49/h1-35H. The lowest BCUT2D eigenvalue weighted by molar-refractivity contribution is 0.670. The summed E-state index contributed by atoms with van der Waals surface area (Å²) < 4.78 is 6.62. The topological polar surface area (TPSA) is 51.8 Å². The largest absolute Gasteiger partial charge is 0.455 e. The third-order valence-corrected chi connectivity index (χ3v) is 11.1. The number of fused-ring (bicyclic) bond motifs is 4. The molecule has 0 amide bonds. The highest BCUT2D eigenvalue weighted by molar-refractivity contribution is 6.15. The maximum Gasteiger partial charge on any atom is 0.164 e. The minimum Gasteiger partial charge on any atom is -0.455 e. The van der Waals surface area contributed by atoms with E-state index in [-0.39, 0.29) is 0 Å². The molecule has 0 bridgehead atoms. The summed E-state index contributed by atoms with van der Waals surface area (Å²) in [5, 5.41) is 4.64. The molecule has 4 heteroatoms. The number of para-hydroxylation sites is 1. The van der Waals surface area contributed by atoms with Crippen LogP contribution < -0.4 is 0 Å². The lowest BCUT2D eigenvalue weighted by atomic mass is 9.97. The zero-order valence-corrected chi connectivity index (χ0v) is 32.0. The van der Waals surface area contributed by atoms with Gasteiger partial charge in [-0.1, -0.05) is 188 Å². The molecule has 0 N–H and O–H groups in total. The number of furan rings is 1. The molecular formula is C55H35N3O. The molecule has 0 atom stereocenters. The molecule has 0 saturated heterocycles. The maximum atomic E-state index is 6.62. The summed E-state index contributed by atoms with van der Waals surface area (Å²) in [5.41, 5.74) is 13.4. The van der Waals surface area contributed by atoms with Crippen molar-refractivity contribution in [1.29, 1.82) is 0 Å². The third-order valence-electron chi connectivity index (χ3n) is 11.1. The van der Waals surface area contributed by atoms with Crippen LogP contribution in [0.5, 0.6) is 0 Å². The number of hydrogen-bond donors (Lipinski definition) is 0. The second kappa shape index (κ2) is 14.5. The zero-order chi connectivity index (χ0) is 39.1. The van der Waals surface area contributed by atoms with E-state index in [0.29, 0.717) is 17.5 Å². The van der Waals surface area contributed by atoms with Gasteiger partial charge in [-0.05, 0) is 74.0 Å². The van der Waals surface area contributed by atoms with E-state index in [1.54, 1.807) is 0 Å². The van der Waals surface area contributed by atoms with Gasteiger partial charge in [-0.25, -0.2) is 15.0 Å². The van der Waals surface area contributed by atoms with Crippen LogP contribution in [0.15, 0.2) is 217 Å². The van der Waals surface area contributed by atoms with E-state index in [1.165, 1.54) is 16.3 Å². The first kappa shape index (κ1) is 34.3. The van der Waals surface area contributed by atoms with Gasteiger partial charge in [0.1, 0.15) is 11.2 Å². The Labute approximate surface area is 341 Å². The maximum absolute atomic E-state index is 6.62. The number of benzene rings is 9. The molecule has 276 valence electrons. The minimum absolute atomic E-state index is 0.604. The SMILES string of the molecule is c1ccc(-c2cccc(-c3nc(-c4ccc(-c5cccc6c5oc5cccc(-c7ccccc7)c56)cc4)nc(-c4cccc(-c5ccc6ccccc6c5)c4)n3)c2)cc1. The predicted molar refractivity (Wildman–Crippen MR) is 243 cm³/mol. The van der Waals surface area contributed by atoms with Gasteiger partial charge in [0.2, 0.25) is 0 Å². The van der Waals surface area contributed by atoms with E-state index in [1.807, 2.05) is 12.1 Å². The highest BCUT2D eigenvalue weighted by Gasteiger charge is 2.18. The van der Waals surface area contributed by atoms with E-state index >= 15 is 0 Å². The van der Waals surface area contributed by atoms with Crippen molar-refractivity contribution in [3.63, 3.8) is 0 Å². The zero-order valence-electron chi connectivity index (χ0n) is 32.0. The first-order valence-corrected chi connectivity index (χ1v) is 19.8. The van der Waals surface area contributed by atoms with Crippen molar-refractivity contribution in [3.05, 3.63) is 212 Å². The summed E-state index contributed by atoms with van der Waals surface area (Å²) in [6.45, 7) is 0. The van der Waals surface area contributed by atoms with Crippen molar-refractivity contribution in [2.45, 2.75) is 0 Å². The van der Waals surface area contributed by atoms with Crippen LogP contribution in [0.2, 0.25) is 0 Å². The molecule has 9 aromatic carbocycles. The Morgan fingerprint density at radius 1 is 0.288 bits per heavy atom. The smallest absolute Gasteiger partial charge is 0.164 e. The molecule has 0 fully saturated rings. The molecule has 11 aromatic rings. The Kier molecular flexibility index (Phi) is 8.45.